The van der Waals surface area contributed by atoms with Crippen LogP contribution in [0.2, 0.25) is 0 Å². The third-order valence-corrected chi connectivity index (χ3v) is 7.25. The van der Waals surface area contributed by atoms with Crippen molar-refractivity contribution in [2.75, 3.05) is 24.9 Å². The lowest BCUT2D eigenvalue weighted by molar-refractivity contribution is 0.0693. The molecule has 0 unspecified atom stereocenters. The Labute approximate surface area is 200 Å². The highest BCUT2D eigenvalue weighted by atomic mass is 32.2. The lowest BCUT2D eigenvalue weighted by Crippen LogP contribution is -2.38. The molecule has 3 aromatic rings. The Morgan fingerprint density at radius 1 is 0.941 bits per heavy atom. The number of hydrogen-bond donors (Lipinski definition) is 1. The molecule has 1 amide bonds. The van der Waals surface area contributed by atoms with Gasteiger partial charge in [0.05, 0.1) is 17.6 Å². The molecule has 1 aliphatic heterocycles. The molecule has 0 bridgehead atoms. The predicted molar refractivity (Wildman–Crippen MR) is 131 cm³/mol. The van der Waals surface area contributed by atoms with Gasteiger partial charge < -0.3 is 14.4 Å². The van der Waals surface area contributed by atoms with Crippen molar-refractivity contribution in [2.24, 2.45) is 5.92 Å². The number of anilines is 1. The monoisotopic (exact) mass is 480 g/mol. The van der Waals surface area contributed by atoms with Gasteiger partial charge in [0.2, 0.25) is 0 Å². The van der Waals surface area contributed by atoms with E-state index >= 15 is 0 Å². The quantitative estimate of drug-likeness (QED) is 0.505. The summed E-state index contributed by atoms with van der Waals surface area (Å²) in [6.45, 7) is 3.47. The highest BCUT2D eigenvalue weighted by Gasteiger charge is 2.26. The largest absolute Gasteiger partial charge is 0.496 e. The second-order valence-electron chi connectivity index (χ2n) is 8.38. The number of nitrogens with zero attached hydrogens (tertiary/aromatic N) is 1. The van der Waals surface area contributed by atoms with E-state index in [1.807, 2.05) is 30.3 Å². The Balaban J connectivity index is 1.51. The molecule has 0 atom stereocenters. The molecule has 0 saturated carbocycles. The first kappa shape index (κ1) is 23.6. The standard InChI is InChI=1S/C26H28N2O5S/c1-19-14-16-28(17-15-19)26(29)24-18-23(12-13-25(24)32-2)34(30,31)27-20-8-10-22(11-9-20)33-21-6-4-3-5-7-21/h3-13,18-19,27H,14-17H2,1-2H3. The van der Waals surface area contributed by atoms with Gasteiger partial charge in [-0.3, -0.25) is 9.52 Å². The van der Waals surface area contributed by atoms with Crippen LogP contribution in [0.25, 0.3) is 0 Å². The van der Waals surface area contributed by atoms with E-state index < -0.39 is 10.0 Å². The van der Waals surface area contributed by atoms with Gasteiger partial charge in [0.1, 0.15) is 17.2 Å². The number of amides is 1. The maximum Gasteiger partial charge on any atom is 0.261 e. The first-order chi connectivity index (χ1) is 16.4. The molecule has 0 aromatic heterocycles. The number of ether oxygens (including phenoxy) is 2. The number of piperidine rings is 1. The van der Waals surface area contributed by atoms with Gasteiger partial charge in [-0.2, -0.15) is 0 Å². The average Bonchev–Trinajstić information content (AvgIpc) is 2.85. The van der Waals surface area contributed by atoms with Gasteiger partial charge in [0, 0.05) is 18.8 Å². The molecule has 0 radical (unpaired) electrons. The number of likely N-dealkylation sites (tertiary alicyclic amines) is 1. The number of sulfonamides is 1. The first-order valence-corrected chi connectivity index (χ1v) is 12.7. The highest BCUT2D eigenvalue weighted by molar-refractivity contribution is 7.92. The molecule has 7 nitrogen and oxygen atoms in total. The lowest BCUT2D eigenvalue weighted by Gasteiger charge is -2.30. The first-order valence-electron chi connectivity index (χ1n) is 11.2. The zero-order chi connectivity index (χ0) is 24.1. The summed E-state index contributed by atoms with van der Waals surface area (Å²) < 4.78 is 39.8. The van der Waals surface area contributed by atoms with E-state index in [4.69, 9.17) is 9.47 Å². The van der Waals surface area contributed by atoms with E-state index in [-0.39, 0.29) is 16.4 Å². The van der Waals surface area contributed by atoms with Crippen LogP contribution in [0.3, 0.4) is 0 Å². The fourth-order valence-electron chi connectivity index (χ4n) is 3.83. The Morgan fingerprint density at radius 2 is 1.59 bits per heavy atom. The van der Waals surface area contributed by atoms with Crippen molar-refractivity contribution >= 4 is 21.6 Å². The number of rotatable bonds is 7. The van der Waals surface area contributed by atoms with E-state index in [2.05, 4.69) is 11.6 Å². The summed E-state index contributed by atoms with van der Waals surface area (Å²) in [6, 6.07) is 20.3. The van der Waals surface area contributed by atoms with Gasteiger partial charge in [0.15, 0.2) is 0 Å². The second-order valence-corrected chi connectivity index (χ2v) is 10.1. The van der Waals surface area contributed by atoms with E-state index in [9.17, 15) is 13.2 Å². The van der Waals surface area contributed by atoms with E-state index in [1.165, 1.54) is 25.3 Å². The molecule has 3 aromatic carbocycles. The van der Waals surface area contributed by atoms with Gasteiger partial charge in [-0.25, -0.2) is 8.42 Å². The Morgan fingerprint density at radius 3 is 2.24 bits per heavy atom. The molecule has 1 N–H and O–H groups in total. The van der Waals surface area contributed by atoms with Crippen molar-refractivity contribution in [3.63, 3.8) is 0 Å². The molecule has 4 rings (SSSR count). The zero-order valence-electron chi connectivity index (χ0n) is 19.2. The number of methoxy groups -OCH3 is 1. The van der Waals surface area contributed by atoms with Crippen LogP contribution in [0.5, 0.6) is 17.2 Å². The molecule has 178 valence electrons. The summed E-state index contributed by atoms with van der Waals surface area (Å²) in [5, 5.41) is 0. The smallest absolute Gasteiger partial charge is 0.261 e. The van der Waals surface area contributed by atoms with Crippen LogP contribution < -0.4 is 14.2 Å². The van der Waals surface area contributed by atoms with Gasteiger partial charge >= 0.3 is 0 Å². The summed E-state index contributed by atoms with van der Waals surface area (Å²) in [5.41, 5.74) is 0.626. The average molecular weight is 481 g/mol. The molecule has 0 aliphatic carbocycles. The van der Waals surface area contributed by atoms with Crippen molar-refractivity contribution in [3.05, 3.63) is 78.4 Å². The topological polar surface area (TPSA) is 84.9 Å². The van der Waals surface area contributed by atoms with Gasteiger partial charge in [0.25, 0.3) is 15.9 Å². The van der Waals surface area contributed by atoms with Crippen LogP contribution in [0.4, 0.5) is 5.69 Å². The highest BCUT2D eigenvalue weighted by Crippen LogP contribution is 2.28. The number of hydrogen-bond acceptors (Lipinski definition) is 5. The van der Waals surface area contributed by atoms with E-state index in [1.54, 1.807) is 29.2 Å². The van der Waals surface area contributed by atoms with Gasteiger partial charge in [-0.05, 0) is 73.4 Å². The van der Waals surface area contributed by atoms with Crippen LogP contribution in [0, 0.1) is 5.92 Å². The minimum absolute atomic E-state index is 0.00774. The van der Waals surface area contributed by atoms with Gasteiger partial charge in [-0.1, -0.05) is 25.1 Å². The Hall–Kier alpha value is -3.52. The van der Waals surface area contributed by atoms with Crippen molar-refractivity contribution in [3.8, 4) is 17.2 Å². The summed E-state index contributed by atoms with van der Waals surface area (Å²) in [4.78, 5) is 14.9. The minimum Gasteiger partial charge on any atom is -0.496 e. The van der Waals surface area contributed by atoms with E-state index in [0.717, 1.165) is 12.8 Å². The second kappa shape index (κ2) is 10.2. The fraction of sp³-hybridized carbons (Fsp3) is 0.269. The van der Waals surface area contributed by atoms with Crippen molar-refractivity contribution < 1.29 is 22.7 Å². The molecule has 1 heterocycles. The van der Waals surface area contributed by atoms with Crippen LogP contribution in [0.1, 0.15) is 30.1 Å². The van der Waals surface area contributed by atoms with Crippen molar-refractivity contribution in [1.82, 2.24) is 4.90 Å². The molecular formula is C26H28N2O5S. The molecule has 34 heavy (non-hydrogen) atoms. The van der Waals surface area contributed by atoms with Gasteiger partial charge in [-0.15, -0.1) is 0 Å². The van der Waals surface area contributed by atoms with Crippen molar-refractivity contribution in [1.29, 1.82) is 0 Å². The number of carbonyl (C=O) groups excluding carboxylic acids is 1. The lowest BCUT2D eigenvalue weighted by atomic mass is 9.98. The van der Waals surface area contributed by atoms with Crippen LogP contribution in [0.15, 0.2) is 77.7 Å². The summed E-state index contributed by atoms with van der Waals surface area (Å²) in [6.07, 6.45) is 1.86. The van der Waals surface area contributed by atoms with E-state index in [0.29, 0.717) is 41.9 Å². The molecule has 8 heteroatoms. The SMILES string of the molecule is COc1ccc(S(=O)(=O)Nc2ccc(Oc3ccccc3)cc2)cc1C(=O)N1CCC(C)CC1. The molecule has 0 spiro atoms. The Bertz CT molecular complexity index is 1240. The number of para-hydroxylation sites is 1. The van der Waals surface area contributed by atoms with Crippen molar-refractivity contribution in [2.45, 2.75) is 24.7 Å². The number of nitrogens with one attached hydrogen (secondary N) is 1. The minimum atomic E-state index is -3.92. The number of carbonyl (C=O) groups is 1. The molecule has 1 fully saturated rings. The van der Waals surface area contributed by atoms with Crippen LogP contribution in [-0.4, -0.2) is 39.4 Å². The third kappa shape index (κ3) is 5.51. The third-order valence-electron chi connectivity index (χ3n) is 5.87. The normalized spacial score (nSPS) is 14.5. The summed E-state index contributed by atoms with van der Waals surface area (Å²) in [7, 11) is -2.45. The predicted octanol–water partition coefficient (Wildman–Crippen LogP) is 5.16. The molecule has 1 aliphatic rings. The van der Waals surface area contributed by atoms with Crippen LogP contribution >= 0.6 is 0 Å². The number of benzene rings is 3. The fourth-order valence-corrected chi connectivity index (χ4v) is 4.92. The summed E-state index contributed by atoms with van der Waals surface area (Å²) in [5.74, 6) is 1.98. The maximum absolute atomic E-state index is 13.1. The summed E-state index contributed by atoms with van der Waals surface area (Å²) >= 11 is 0. The molecule has 1 saturated heterocycles. The Kier molecular flexibility index (Phi) is 7.07. The van der Waals surface area contributed by atoms with Crippen LogP contribution in [-0.2, 0) is 10.0 Å². The zero-order valence-corrected chi connectivity index (χ0v) is 20.0. The maximum atomic E-state index is 13.1. The molecular weight excluding hydrogens is 452 g/mol.